The van der Waals surface area contributed by atoms with E-state index in [1.54, 1.807) is 11.0 Å². The fourth-order valence-electron chi connectivity index (χ4n) is 3.01. The van der Waals surface area contributed by atoms with Crippen molar-refractivity contribution in [3.63, 3.8) is 0 Å². The molecule has 0 saturated carbocycles. The zero-order valence-electron chi connectivity index (χ0n) is 16.7. The predicted octanol–water partition coefficient (Wildman–Crippen LogP) is 3.96. The minimum absolute atomic E-state index is 0.00937. The number of amides is 1. The Morgan fingerprint density at radius 1 is 1.14 bits per heavy atom. The summed E-state index contributed by atoms with van der Waals surface area (Å²) in [4.78, 5) is 16.3. The number of nitrogens with zero attached hydrogens (tertiary/aromatic N) is 3. The molecule has 0 saturated heterocycles. The highest BCUT2D eigenvalue weighted by atomic mass is 16.5. The van der Waals surface area contributed by atoms with Crippen molar-refractivity contribution < 1.29 is 9.53 Å². The number of aryl methyl sites for hydroxylation is 1. The number of benzene rings is 2. The first-order chi connectivity index (χ1) is 13.4. The van der Waals surface area contributed by atoms with Gasteiger partial charge in [0.15, 0.2) is 6.61 Å². The van der Waals surface area contributed by atoms with E-state index in [0.29, 0.717) is 5.92 Å². The number of rotatable bonds is 7. The lowest BCUT2D eigenvalue weighted by Crippen LogP contribution is -2.31. The van der Waals surface area contributed by atoms with Crippen LogP contribution in [0.15, 0.2) is 55.1 Å². The summed E-state index contributed by atoms with van der Waals surface area (Å²) >= 11 is 0. The SMILES string of the molecule is Cc1ccc(C(C)C)c(OCC(=O)N[C@H](C)c2ccc(-n3cncn3)cc2)c1. The molecule has 1 amide bonds. The number of hydrogen-bond acceptors (Lipinski definition) is 4. The van der Waals surface area contributed by atoms with Gasteiger partial charge < -0.3 is 10.1 Å². The standard InChI is InChI=1S/C22H26N4O2/c1-15(2)20-10-5-16(3)11-21(20)28-12-22(27)25-17(4)18-6-8-19(9-7-18)26-14-23-13-24-26/h5-11,13-15,17H,12H2,1-4H3,(H,25,27)/t17-/m1/s1. The third-order valence-electron chi connectivity index (χ3n) is 4.60. The molecule has 0 spiro atoms. The Labute approximate surface area is 165 Å². The molecule has 3 rings (SSSR count). The van der Waals surface area contributed by atoms with E-state index in [2.05, 4.69) is 41.4 Å². The Balaban J connectivity index is 1.58. The topological polar surface area (TPSA) is 69.0 Å². The molecule has 1 N–H and O–H groups in total. The number of carbonyl (C=O) groups is 1. The van der Waals surface area contributed by atoms with Crippen LogP contribution in [0.4, 0.5) is 0 Å². The number of hydrogen-bond donors (Lipinski definition) is 1. The molecule has 0 bridgehead atoms. The van der Waals surface area contributed by atoms with Gasteiger partial charge in [0.1, 0.15) is 18.4 Å². The maximum atomic E-state index is 12.4. The Morgan fingerprint density at radius 2 is 1.89 bits per heavy atom. The molecule has 0 unspecified atom stereocenters. The molecule has 1 atom stereocenters. The van der Waals surface area contributed by atoms with E-state index in [1.165, 1.54) is 6.33 Å². The molecule has 146 valence electrons. The largest absolute Gasteiger partial charge is 0.483 e. The van der Waals surface area contributed by atoms with E-state index in [1.807, 2.05) is 44.2 Å². The lowest BCUT2D eigenvalue weighted by molar-refractivity contribution is -0.123. The quantitative estimate of drug-likeness (QED) is 0.676. The van der Waals surface area contributed by atoms with Crippen molar-refractivity contribution >= 4 is 5.91 Å². The molecule has 0 radical (unpaired) electrons. The molecule has 1 heterocycles. The van der Waals surface area contributed by atoms with E-state index < -0.39 is 0 Å². The third-order valence-corrected chi connectivity index (χ3v) is 4.60. The molecule has 2 aromatic carbocycles. The molecule has 3 aromatic rings. The first-order valence-electron chi connectivity index (χ1n) is 9.41. The second kappa shape index (κ2) is 8.69. The van der Waals surface area contributed by atoms with Gasteiger partial charge in [-0.1, -0.05) is 38.1 Å². The minimum Gasteiger partial charge on any atom is -0.483 e. The maximum Gasteiger partial charge on any atom is 0.258 e. The predicted molar refractivity (Wildman–Crippen MR) is 109 cm³/mol. The molecule has 6 heteroatoms. The second-order valence-corrected chi connectivity index (χ2v) is 7.21. The van der Waals surface area contributed by atoms with Crippen LogP contribution in [0.5, 0.6) is 5.75 Å². The van der Waals surface area contributed by atoms with Gasteiger partial charge in [-0.3, -0.25) is 4.79 Å². The molecule has 0 aliphatic carbocycles. The highest BCUT2D eigenvalue weighted by Gasteiger charge is 2.13. The van der Waals surface area contributed by atoms with Gasteiger partial charge in [-0.2, -0.15) is 5.10 Å². The fourth-order valence-corrected chi connectivity index (χ4v) is 3.01. The Hall–Kier alpha value is -3.15. The highest BCUT2D eigenvalue weighted by Crippen LogP contribution is 2.27. The van der Waals surface area contributed by atoms with E-state index in [9.17, 15) is 4.79 Å². The Kier molecular flexibility index (Phi) is 6.09. The van der Waals surface area contributed by atoms with Crippen molar-refractivity contribution in [2.45, 2.75) is 39.7 Å². The summed E-state index contributed by atoms with van der Waals surface area (Å²) in [5.41, 5.74) is 4.15. The Morgan fingerprint density at radius 3 is 2.54 bits per heavy atom. The van der Waals surface area contributed by atoms with Crippen LogP contribution in [0.25, 0.3) is 5.69 Å². The number of nitrogens with one attached hydrogen (secondary N) is 1. The summed E-state index contributed by atoms with van der Waals surface area (Å²) in [6, 6.07) is 13.8. The maximum absolute atomic E-state index is 12.4. The van der Waals surface area contributed by atoms with Crippen LogP contribution >= 0.6 is 0 Å². The van der Waals surface area contributed by atoms with Gasteiger partial charge in [0, 0.05) is 0 Å². The van der Waals surface area contributed by atoms with Crippen molar-refractivity contribution in [1.82, 2.24) is 20.1 Å². The highest BCUT2D eigenvalue weighted by molar-refractivity contribution is 5.78. The number of aromatic nitrogens is 3. The second-order valence-electron chi connectivity index (χ2n) is 7.21. The lowest BCUT2D eigenvalue weighted by Gasteiger charge is -2.17. The van der Waals surface area contributed by atoms with Crippen LogP contribution < -0.4 is 10.1 Å². The van der Waals surface area contributed by atoms with E-state index in [4.69, 9.17) is 4.74 Å². The first kappa shape index (κ1) is 19.6. The van der Waals surface area contributed by atoms with E-state index in [-0.39, 0.29) is 18.6 Å². The van der Waals surface area contributed by atoms with Crippen LogP contribution in [0, 0.1) is 6.92 Å². The first-order valence-corrected chi connectivity index (χ1v) is 9.41. The van der Waals surface area contributed by atoms with Crippen LogP contribution in [0.1, 0.15) is 49.4 Å². The summed E-state index contributed by atoms with van der Waals surface area (Å²) in [5, 5.41) is 7.09. The van der Waals surface area contributed by atoms with Gasteiger partial charge in [-0.05, 0) is 54.7 Å². The summed E-state index contributed by atoms with van der Waals surface area (Å²) < 4.78 is 7.50. The average Bonchev–Trinajstić information content (AvgIpc) is 3.21. The van der Waals surface area contributed by atoms with Gasteiger partial charge >= 0.3 is 0 Å². The summed E-state index contributed by atoms with van der Waals surface area (Å²) in [6.07, 6.45) is 3.14. The summed E-state index contributed by atoms with van der Waals surface area (Å²) in [5.74, 6) is 0.958. The van der Waals surface area contributed by atoms with Gasteiger partial charge in [-0.25, -0.2) is 9.67 Å². The zero-order valence-corrected chi connectivity index (χ0v) is 16.7. The van der Waals surface area contributed by atoms with Crippen LogP contribution in [-0.2, 0) is 4.79 Å². The molecular formula is C22H26N4O2. The summed E-state index contributed by atoms with van der Waals surface area (Å²) in [6.45, 7) is 8.19. The molecule has 6 nitrogen and oxygen atoms in total. The monoisotopic (exact) mass is 378 g/mol. The van der Waals surface area contributed by atoms with Crippen molar-refractivity contribution in [3.05, 3.63) is 71.8 Å². The summed E-state index contributed by atoms with van der Waals surface area (Å²) in [7, 11) is 0. The van der Waals surface area contributed by atoms with Crippen LogP contribution in [0.3, 0.4) is 0 Å². The van der Waals surface area contributed by atoms with Crippen molar-refractivity contribution in [3.8, 4) is 11.4 Å². The lowest BCUT2D eigenvalue weighted by atomic mass is 10.0. The molecule has 1 aromatic heterocycles. The van der Waals surface area contributed by atoms with E-state index >= 15 is 0 Å². The van der Waals surface area contributed by atoms with Crippen LogP contribution in [-0.4, -0.2) is 27.3 Å². The molecule has 0 aliphatic heterocycles. The van der Waals surface area contributed by atoms with Crippen molar-refractivity contribution in [1.29, 1.82) is 0 Å². The third kappa shape index (κ3) is 4.76. The molecular weight excluding hydrogens is 352 g/mol. The normalized spacial score (nSPS) is 12.0. The fraction of sp³-hybridized carbons (Fsp3) is 0.318. The number of ether oxygens (including phenoxy) is 1. The van der Waals surface area contributed by atoms with Crippen molar-refractivity contribution in [2.75, 3.05) is 6.61 Å². The molecule has 28 heavy (non-hydrogen) atoms. The smallest absolute Gasteiger partial charge is 0.258 e. The average molecular weight is 378 g/mol. The van der Waals surface area contributed by atoms with Gasteiger partial charge in [0.05, 0.1) is 11.7 Å². The molecule has 0 fully saturated rings. The number of carbonyl (C=O) groups excluding carboxylic acids is 1. The van der Waals surface area contributed by atoms with E-state index in [0.717, 1.165) is 28.1 Å². The zero-order chi connectivity index (χ0) is 20.1. The van der Waals surface area contributed by atoms with Gasteiger partial charge in [-0.15, -0.1) is 0 Å². The Bertz CT molecular complexity index is 918. The molecule has 0 aliphatic rings. The van der Waals surface area contributed by atoms with Gasteiger partial charge in [0.2, 0.25) is 0 Å². The van der Waals surface area contributed by atoms with Crippen LogP contribution in [0.2, 0.25) is 0 Å². The minimum atomic E-state index is -0.149. The van der Waals surface area contributed by atoms with Crippen molar-refractivity contribution in [2.24, 2.45) is 0 Å². The van der Waals surface area contributed by atoms with Gasteiger partial charge in [0.25, 0.3) is 5.91 Å².